The van der Waals surface area contributed by atoms with Crippen molar-refractivity contribution in [2.24, 2.45) is 0 Å². The molecule has 0 aliphatic heterocycles. The number of aromatic nitrogens is 2. The van der Waals surface area contributed by atoms with Crippen molar-refractivity contribution in [3.8, 4) is 0 Å². The predicted molar refractivity (Wildman–Crippen MR) is 70.7 cm³/mol. The van der Waals surface area contributed by atoms with Crippen molar-refractivity contribution in [1.82, 2.24) is 14.9 Å². The van der Waals surface area contributed by atoms with Gasteiger partial charge in [-0.1, -0.05) is 0 Å². The molecule has 0 saturated carbocycles. The summed E-state index contributed by atoms with van der Waals surface area (Å²) in [5, 5.41) is 2.70. The Morgan fingerprint density at radius 1 is 1.58 bits per heavy atom. The summed E-state index contributed by atoms with van der Waals surface area (Å²) >= 11 is 0. The maximum Gasteiger partial charge on any atom is 0.408 e. The van der Waals surface area contributed by atoms with Crippen LogP contribution in [-0.4, -0.2) is 27.5 Å². The van der Waals surface area contributed by atoms with Crippen LogP contribution in [0.25, 0.3) is 0 Å². The Labute approximate surface area is 113 Å². The van der Waals surface area contributed by atoms with Gasteiger partial charge in [0.1, 0.15) is 11.9 Å². The number of amides is 1. The summed E-state index contributed by atoms with van der Waals surface area (Å²) < 4.78 is 7.07. The van der Waals surface area contributed by atoms with Crippen LogP contribution >= 0.6 is 0 Å². The van der Waals surface area contributed by atoms with Gasteiger partial charge in [-0.3, -0.25) is 0 Å². The Morgan fingerprint density at radius 2 is 2.26 bits per heavy atom. The Hall–Kier alpha value is -1.85. The van der Waals surface area contributed by atoms with E-state index in [-0.39, 0.29) is 6.42 Å². The maximum absolute atomic E-state index is 11.8. The SMILES string of the molecule is CCn1cncc1[C@H](CC=O)NC(=O)OC(C)(C)C. The lowest BCUT2D eigenvalue weighted by atomic mass is 10.1. The highest BCUT2D eigenvalue weighted by molar-refractivity contribution is 5.69. The van der Waals surface area contributed by atoms with Crippen LogP contribution in [0.5, 0.6) is 0 Å². The number of imidazole rings is 1. The highest BCUT2D eigenvalue weighted by atomic mass is 16.6. The number of aldehydes is 1. The van der Waals surface area contributed by atoms with Crippen LogP contribution in [0.1, 0.15) is 45.9 Å². The average Bonchev–Trinajstić information content (AvgIpc) is 2.73. The number of alkyl carbamates (subject to hydrolysis) is 1. The number of nitrogens with one attached hydrogen (secondary N) is 1. The smallest absolute Gasteiger partial charge is 0.408 e. The molecule has 6 heteroatoms. The third-order valence-electron chi connectivity index (χ3n) is 2.47. The monoisotopic (exact) mass is 267 g/mol. The van der Waals surface area contributed by atoms with Gasteiger partial charge in [-0.2, -0.15) is 0 Å². The third kappa shape index (κ3) is 4.73. The van der Waals surface area contributed by atoms with E-state index in [0.717, 1.165) is 18.5 Å². The quantitative estimate of drug-likeness (QED) is 0.829. The molecule has 19 heavy (non-hydrogen) atoms. The molecule has 0 aliphatic rings. The molecule has 0 saturated heterocycles. The average molecular weight is 267 g/mol. The van der Waals surface area contributed by atoms with E-state index in [1.165, 1.54) is 0 Å². The van der Waals surface area contributed by atoms with Gasteiger partial charge in [0.25, 0.3) is 0 Å². The first kappa shape index (κ1) is 15.2. The van der Waals surface area contributed by atoms with Gasteiger partial charge < -0.3 is 19.4 Å². The zero-order chi connectivity index (χ0) is 14.5. The fourth-order valence-electron chi connectivity index (χ4n) is 1.69. The fourth-order valence-corrected chi connectivity index (χ4v) is 1.69. The van der Waals surface area contributed by atoms with Crippen LogP contribution in [-0.2, 0) is 16.1 Å². The van der Waals surface area contributed by atoms with E-state index >= 15 is 0 Å². The van der Waals surface area contributed by atoms with Crippen molar-refractivity contribution < 1.29 is 14.3 Å². The van der Waals surface area contributed by atoms with Crippen LogP contribution < -0.4 is 5.32 Å². The molecular formula is C13H21N3O3. The van der Waals surface area contributed by atoms with Gasteiger partial charge in [0.2, 0.25) is 0 Å². The molecule has 1 N–H and O–H groups in total. The summed E-state index contributed by atoms with van der Waals surface area (Å²) in [6, 6.07) is -0.421. The van der Waals surface area contributed by atoms with E-state index in [1.807, 2.05) is 11.5 Å². The number of rotatable bonds is 5. The van der Waals surface area contributed by atoms with E-state index in [2.05, 4.69) is 10.3 Å². The minimum absolute atomic E-state index is 0.185. The second-order valence-electron chi connectivity index (χ2n) is 5.21. The van der Waals surface area contributed by atoms with E-state index in [4.69, 9.17) is 4.74 Å². The highest BCUT2D eigenvalue weighted by Crippen LogP contribution is 2.17. The summed E-state index contributed by atoms with van der Waals surface area (Å²) in [4.78, 5) is 26.5. The Morgan fingerprint density at radius 3 is 2.79 bits per heavy atom. The van der Waals surface area contributed by atoms with Crippen LogP contribution in [0.2, 0.25) is 0 Å². The zero-order valence-corrected chi connectivity index (χ0v) is 11.8. The molecule has 0 unspecified atom stereocenters. The molecule has 0 aromatic carbocycles. The molecule has 0 spiro atoms. The van der Waals surface area contributed by atoms with Gasteiger partial charge in [-0.25, -0.2) is 9.78 Å². The van der Waals surface area contributed by atoms with Gasteiger partial charge >= 0.3 is 6.09 Å². The molecule has 1 heterocycles. The molecule has 1 atom stereocenters. The lowest BCUT2D eigenvalue weighted by Crippen LogP contribution is -2.35. The van der Waals surface area contributed by atoms with Crippen molar-refractivity contribution in [2.45, 2.75) is 52.3 Å². The van der Waals surface area contributed by atoms with Crippen molar-refractivity contribution in [3.63, 3.8) is 0 Å². The van der Waals surface area contributed by atoms with E-state index in [1.54, 1.807) is 33.3 Å². The number of aryl methyl sites for hydroxylation is 1. The number of carbonyl (C=O) groups is 2. The van der Waals surface area contributed by atoms with Gasteiger partial charge in [0.15, 0.2) is 0 Å². The molecule has 1 amide bonds. The molecule has 1 rings (SSSR count). The molecule has 1 aromatic heterocycles. The number of nitrogens with zero attached hydrogens (tertiary/aromatic N) is 2. The summed E-state index contributed by atoms with van der Waals surface area (Å²) in [5.74, 6) is 0. The lowest BCUT2D eigenvalue weighted by Gasteiger charge is -2.23. The standard InChI is InChI=1S/C13H21N3O3/c1-5-16-9-14-8-11(16)10(6-7-17)15-12(18)19-13(2,3)4/h7-10H,5-6H2,1-4H3,(H,15,18)/t10-/m0/s1. The zero-order valence-electron chi connectivity index (χ0n) is 11.8. The summed E-state index contributed by atoms with van der Waals surface area (Å²) in [7, 11) is 0. The van der Waals surface area contributed by atoms with Gasteiger partial charge in [-0.15, -0.1) is 0 Å². The van der Waals surface area contributed by atoms with Gasteiger partial charge in [0, 0.05) is 13.0 Å². The first-order chi connectivity index (χ1) is 8.87. The Balaban J connectivity index is 2.79. The summed E-state index contributed by atoms with van der Waals surface area (Å²) in [5.41, 5.74) is 0.223. The fraction of sp³-hybridized carbons (Fsp3) is 0.615. The largest absolute Gasteiger partial charge is 0.444 e. The van der Waals surface area contributed by atoms with Crippen molar-refractivity contribution in [2.75, 3.05) is 0 Å². The minimum atomic E-state index is -0.569. The Bertz CT molecular complexity index is 435. The molecule has 6 nitrogen and oxygen atoms in total. The third-order valence-corrected chi connectivity index (χ3v) is 2.47. The molecular weight excluding hydrogens is 246 g/mol. The number of hydrogen-bond acceptors (Lipinski definition) is 4. The Kier molecular flexibility index (Phi) is 5.09. The first-order valence-corrected chi connectivity index (χ1v) is 6.30. The molecule has 0 radical (unpaired) electrons. The van der Waals surface area contributed by atoms with Crippen molar-refractivity contribution in [1.29, 1.82) is 0 Å². The minimum Gasteiger partial charge on any atom is -0.444 e. The van der Waals surface area contributed by atoms with Gasteiger partial charge in [0.05, 0.1) is 24.3 Å². The van der Waals surface area contributed by atoms with Crippen LogP contribution in [0.15, 0.2) is 12.5 Å². The summed E-state index contributed by atoms with van der Waals surface area (Å²) in [6.07, 6.45) is 3.74. The van der Waals surface area contributed by atoms with Gasteiger partial charge in [-0.05, 0) is 27.7 Å². The molecule has 0 fully saturated rings. The van der Waals surface area contributed by atoms with Crippen molar-refractivity contribution >= 4 is 12.4 Å². The van der Waals surface area contributed by atoms with E-state index < -0.39 is 17.7 Å². The van der Waals surface area contributed by atoms with Crippen LogP contribution in [0.3, 0.4) is 0 Å². The van der Waals surface area contributed by atoms with E-state index in [9.17, 15) is 9.59 Å². The first-order valence-electron chi connectivity index (χ1n) is 6.30. The van der Waals surface area contributed by atoms with Crippen LogP contribution in [0.4, 0.5) is 4.79 Å². The number of carbonyl (C=O) groups excluding carboxylic acids is 2. The highest BCUT2D eigenvalue weighted by Gasteiger charge is 2.22. The topological polar surface area (TPSA) is 73.2 Å². The predicted octanol–water partition coefficient (Wildman–Crippen LogP) is 2.06. The summed E-state index contributed by atoms with van der Waals surface area (Å²) in [6.45, 7) is 8.06. The molecule has 1 aromatic rings. The normalized spacial score (nSPS) is 12.8. The second kappa shape index (κ2) is 6.36. The number of hydrogen-bond donors (Lipinski definition) is 1. The van der Waals surface area contributed by atoms with Crippen LogP contribution in [0, 0.1) is 0 Å². The second-order valence-corrected chi connectivity index (χ2v) is 5.21. The van der Waals surface area contributed by atoms with E-state index in [0.29, 0.717) is 0 Å². The number of ether oxygens (including phenoxy) is 1. The van der Waals surface area contributed by atoms with Crippen molar-refractivity contribution in [3.05, 3.63) is 18.2 Å². The lowest BCUT2D eigenvalue weighted by molar-refractivity contribution is -0.108. The molecule has 0 bridgehead atoms. The molecule has 106 valence electrons. The molecule has 0 aliphatic carbocycles. The maximum atomic E-state index is 11.8.